The molecule has 0 aliphatic heterocycles. The van der Waals surface area contributed by atoms with Gasteiger partial charge in [-0.3, -0.25) is 9.59 Å². The van der Waals surface area contributed by atoms with Gasteiger partial charge >= 0.3 is 17.8 Å². The highest BCUT2D eigenvalue weighted by Gasteiger charge is 2.30. The van der Waals surface area contributed by atoms with Gasteiger partial charge in [-0.25, -0.2) is 10.2 Å². The predicted octanol–water partition coefficient (Wildman–Crippen LogP) is 3.79. The number of thiophene rings is 1. The largest absolute Gasteiger partial charge is 0.462 e. The Kier molecular flexibility index (Phi) is 7.23. The SMILES string of the molecule is CCOC(=O)c1c(NC(=O)C(=O)NN=Cc2ccccc2Cl)sc2c1CCC(C)C2. The summed E-state index contributed by atoms with van der Waals surface area (Å²) in [5, 5.41) is 7.12. The molecule has 1 heterocycles. The van der Waals surface area contributed by atoms with Gasteiger partial charge < -0.3 is 10.1 Å². The number of hydrogen-bond acceptors (Lipinski definition) is 6. The Morgan fingerprint density at radius 3 is 2.80 bits per heavy atom. The van der Waals surface area contributed by atoms with Crippen LogP contribution in [-0.2, 0) is 27.2 Å². The van der Waals surface area contributed by atoms with E-state index in [1.807, 2.05) is 0 Å². The lowest BCUT2D eigenvalue weighted by molar-refractivity contribution is -0.136. The van der Waals surface area contributed by atoms with Gasteiger partial charge in [0.05, 0.1) is 18.4 Å². The first-order valence-corrected chi connectivity index (χ1v) is 10.8. The van der Waals surface area contributed by atoms with Crippen molar-refractivity contribution < 1.29 is 19.1 Å². The van der Waals surface area contributed by atoms with Gasteiger partial charge in [0.25, 0.3) is 0 Å². The van der Waals surface area contributed by atoms with Crippen LogP contribution in [0.15, 0.2) is 29.4 Å². The number of ether oxygens (including phenoxy) is 1. The lowest BCUT2D eigenvalue weighted by Gasteiger charge is -2.18. The Hall–Kier alpha value is -2.71. The smallest absolute Gasteiger partial charge is 0.341 e. The average Bonchev–Trinajstić information content (AvgIpc) is 3.06. The van der Waals surface area contributed by atoms with Crippen LogP contribution < -0.4 is 10.7 Å². The van der Waals surface area contributed by atoms with E-state index in [9.17, 15) is 14.4 Å². The molecule has 2 aromatic rings. The molecular weight excluding hydrogens is 426 g/mol. The first kappa shape index (κ1) is 22.0. The second kappa shape index (κ2) is 9.86. The Morgan fingerprint density at radius 1 is 1.30 bits per heavy atom. The van der Waals surface area contributed by atoms with Crippen molar-refractivity contribution in [2.75, 3.05) is 11.9 Å². The standard InChI is InChI=1S/C21H22ClN3O4S/c1-3-29-21(28)17-14-9-8-12(2)10-16(14)30-20(17)24-18(26)19(27)25-23-11-13-6-4-5-7-15(13)22/h4-7,11-12H,3,8-10H2,1-2H3,(H,24,26)(H,25,27). The minimum atomic E-state index is -0.951. The molecule has 0 saturated heterocycles. The van der Waals surface area contributed by atoms with Crippen molar-refractivity contribution in [1.29, 1.82) is 0 Å². The molecule has 1 unspecified atom stereocenters. The van der Waals surface area contributed by atoms with Crippen molar-refractivity contribution in [1.82, 2.24) is 5.43 Å². The molecule has 1 atom stereocenters. The minimum Gasteiger partial charge on any atom is -0.462 e. The van der Waals surface area contributed by atoms with Gasteiger partial charge in [0.15, 0.2) is 0 Å². The summed E-state index contributed by atoms with van der Waals surface area (Å²) in [5.74, 6) is -1.86. The van der Waals surface area contributed by atoms with E-state index in [1.54, 1.807) is 31.2 Å². The van der Waals surface area contributed by atoms with Crippen LogP contribution in [0.1, 0.15) is 46.6 Å². The lowest BCUT2D eigenvalue weighted by Crippen LogP contribution is -2.32. The summed E-state index contributed by atoms with van der Waals surface area (Å²) >= 11 is 7.34. The normalized spacial score (nSPS) is 15.5. The zero-order valence-corrected chi connectivity index (χ0v) is 18.2. The molecule has 0 saturated carbocycles. The molecule has 30 heavy (non-hydrogen) atoms. The number of anilines is 1. The first-order chi connectivity index (χ1) is 14.4. The average molecular weight is 448 g/mol. The number of halogens is 1. The van der Waals surface area contributed by atoms with Crippen molar-refractivity contribution in [3.8, 4) is 0 Å². The summed E-state index contributed by atoms with van der Waals surface area (Å²) in [4.78, 5) is 38.0. The molecule has 0 bridgehead atoms. The number of nitrogens with one attached hydrogen (secondary N) is 2. The van der Waals surface area contributed by atoms with Crippen LogP contribution >= 0.6 is 22.9 Å². The van der Waals surface area contributed by atoms with Gasteiger partial charge in [-0.1, -0.05) is 36.7 Å². The third kappa shape index (κ3) is 5.06. The maximum atomic E-state index is 12.5. The summed E-state index contributed by atoms with van der Waals surface area (Å²) in [6.45, 7) is 4.10. The van der Waals surface area contributed by atoms with Gasteiger partial charge in [0, 0.05) is 15.5 Å². The summed E-state index contributed by atoms with van der Waals surface area (Å²) in [6.07, 6.45) is 3.88. The zero-order chi connectivity index (χ0) is 21.7. The highest BCUT2D eigenvalue weighted by atomic mass is 35.5. The molecule has 0 radical (unpaired) electrons. The molecule has 3 rings (SSSR count). The Labute approximate surface area is 183 Å². The number of benzene rings is 1. The molecule has 1 aliphatic rings. The first-order valence-electron chi connectivity index (χ1n) is 9.61. The van der Waals surface area contributed by atoms with Crippen molar-refractivity contribution in [3.05, 3.63) is 50.9 Å². The van der Waals surface area contributed by atoms with Crippen molar-refractivity contribution in [3.63, 3.8) is 0 Å². The molecule has 0 fully saturated rings. The highest BCUT2D eigenvalue weighted by Crippen LogP contribution is 2.40. The summed E-state index contributed by atoms with van der Waals surface area (Å²) in [6, 6.07) is 6.96. The topological polar surface area (TPSA) is 96.9 Å². The van der Waals surface area contributed by atoms with E-state index in [0.717, 1.165) is 29.7 Å². The number of carbonyl (C=O) groups excluding carboxylic acids is 3. The molecule has 158 valence electrons. The fourth-order valence-corrected chi connectivity index (χ4v) is 4.79. The van der Waals surface area contributed by atoms with Gasteiger partial charge in [0.1, 0.15) is 5.00 Å². The molecule has 2 amide bonds. The maximum Gasteiger partial charge on any atom is 0.341 e. The third-order valence-electron chi connectivity index (χ3n) is 4.70. The van der Waals surface area contributed by atoms with E-state index >= 15 is 0 Å². The van der Waals surface area contributed by atoms with Crippen molar-refractivity contribution >= 4 is 51.9 Å². The van der Waals surface area contributed by atoms with Gasteiger partial charge in [-0.15, -0.1) is 11.3 Å². The zero-order valence-electron chi connectivity index (χ0n) is 16.7. The van der Waals surface area contributed by atoms with E-state index in [2.05, 4.69) is 22.8 Å². The number of rotatable bonds is 5. The number of esters is 1. The predicted molar refractivity (Wildman–Crippen MR) is 117 cm³/mol. The molecule has 9 heteroatoms. The second-order valence-electron chi connectivity index (χ2n) is 6.95. The highest BCUT2D eigenvalue weighted by molar-refractivity contribution is 7.17. The number of carbonyl (C=O) groups is 3. The van der Waals surface area contributed by atoms with Crippen LogP contribution in [-0.4, -0.2) is 30.6 Å². The number of fused-ring (bicyclic) bond motifs is 1. The van der Waals surface area contributed by atoms with E-state index in [0.29, 0.717) is 27.1 Å². The van der Waals surface area contributed by atoms with E-state index in [-0.39, 0.29) is 6.61 Å². The Bertz CT molecular complexity index is 1000. The summed E-state index contributed by atoms with van der Waals surface area (Å²) in [7, 11) is 0. The summed E-state index contributed by atoms with van der Waals surface area (Å²) < 4.78 is 5.17. The van der Waals surface area contributed by atoms with Crippen molar-refractivity contribution in [2.45, 2.75) is 33.1 Å². The third-order valence-corrected chi connectivity index (χ3v) is 6.21. The van der Waals surface area contributed by atoms with E-state index in [1.165, 1.54) is 17.6 Å². The molecule has 2 N–H and O–H groups in total. The fourth-order valence-electron chi connectivity index (χ4n) is 3.21. The van der Waals surface area contributed by atoms with E-state index < -0.39 is 17.8 Å². The number of nitrogens with zero attached hydrogens (tertiary/aromatic N) is 1. The quantitative estimate of drug-likeness (QED) is 0.315. The van der Waals surface area contributed by atoms with Gasteiger partial charge in [-0.2, -0.15) is 5.10 Å². The molecule has 7 nitrogen and oxygen atoms in total. The molecule has 1 aromatic heterocycles. The van der Waals surface area contributed by atoms with Crippen LogP contribution in [0.5, 0.6) is 0 Å². The number of hydrogen-bond donors (Lipinski definition) is 2. The Balaban J connectivity index is 1.73. The van der Waals surface area contributed by atoms with Crippen LogP contribution in [0.3, 0.4) is 0 Å². The van der Waals surface area contributed by atoms with Gasteiger partial charge in [0.2, 0.25) is 0 Å². The minimum absolute atomic E-state index is 0.227. The summed E-state index contributed by atoms with van der Waals surface area (Å²) in [5.41, 5.74) is 4.03. The number of hydrazone groups is 1. The van der Waals surface area contributed by atoms with E-state index in [4.69, 9.17) is 16.3 Å². The van der Waals surface area contributed by atoms with Crippen LogP contribution in [0, 0.1) is 5.92 Å². The lowest BCUT2D eigenvalue weighted by atomic mass is 9.88. The maximum absolute atomic E-state index is 12.5. The fraction of sp³-hybridized carbons (Fsp3) is 0.333. The van der Waals surface area contributed by atoms with Crippen molar-refractivity contribution in [2.24, 2.45) is 11.0 Å². The Morgan fingerprint density at radius 2 is 2.07 bits per heavy atom. The van der Waals surface area contributed by atoms with Crippen LogP contribution in [0.2, 0.25) is 5.02 Å². The molecule has 1 aromatic carbocycles. The molecular formula is C21H22ClN3O4S. The van der Waals surface area contributed by atoms with Crippen LogP contribution in [0.4, 0.5) is 5.00 Å². The molecule has 0 spiro atoms. The van der Waals surface area contributed by atoms with Gasteiger partial charge in [-0.05, 0) is 43.7 Å². The van der Waals surface area contributed by atoms with Crippen LogP contribution in [0.25, 0.3) is 0 Å². The second-order valence-corrected chi connectivity index (χ2v) is 8.46. The number of amides is 2. The molecule has 1 aliphatic carbocycles. The monoisotopic (exact) mass is 447 g/mol.